The lowest BCUT2D eigenvalue weighted by atomic mass is 10.1. The summed E-state index contributed by atoms with van der Waals surface area (Å²) >= 11 is 1.73. The van der Waals surface area contributed by atoms with Gasteiger partial charge in [-0.05, 0) is 41.6 Å². The van der Waals surface area contributed by atoms with Crippen LogP contribution >= 0.6 is 11.8 Å². The maximum absolute atomic E-state index is 5.58. The summed E-state index contributed by atoms with van der Waals surface area (Å²) in [4.78, 5) is 0. The molecule has 0 aliphatic heterocycles. The second kappa shape index (κ2) is 3.86. The maximum atomic E-state index is 5.58. The SMILES string of the molecule is Cn1nnnc1SCC1(CCN)CC1. The Bertz CT molecular complexity index is 306. The Labute approximate surface area is 87.4 Å². The van der Waals surface area contributed by atoms with Crippen LogP contribution in [0.3, 0.4) is 0 Å². The molecule has 78 valence electrons. The second-order valence-corrected chi connectivity index (χ2v) is 4.85. The summed E-state index contributed by atoms with van der Waals surface area (Å²) in [6.07, 6.45) is 3.75. The minimum absolute atomic E-state index is 0.491. The molecule has 2 rings (SSSR count). The predicted octanol–water partition coefficient (Wildman–Crippen LogP) is 0.431. The van der Waals surface area contributed by atoms with E-state index in [1.54, 1.807) is 16.4 Å². The van der Waals surface area contributed by atoms with Crippen molar-refractivity contribution in [2.45, 2.75) is 24.4 Å². The highest BCUT2D eigenvalue weighted by molar-refractivity contribution is 7.99. The highest BCUT2D eigenvalue weighted by Crippen LogP contribution is 2.51. The normalized spacial score (nSPS) is 18.4. The van der Waals surface area contributed by atoms with Gasteiger partial charge in [0.15, 0.2) is 0 Å². The van der Waals surface area contributed by atoms with Crippen LogP contribution in [0.5, 0.6) is 0 Å². The summed E-state index contributed by atoms with van der Waals surface area (Å²) in [5, 5.41) is 12.2. The molecule has 0 aromatic carbocycles. The van der Waals surface area contributed by atoms with E-state index in [1.807, 2.05) is 7.05 Å². The summed E-state index contributed by atoms with van der Waals surface area (Å²) in [6, 6.07) is 0. The first kappa shape index (κ1) is 9.92. The molecule has 1 saturated carbocycles. The van der Waals surface area contributed by atoms with Crippen molar-refractivity contribution in [2.24, 2.45) is 18.2 Å². The summed E-state index contributed by atoms with van der Waals surface area (Å²) in [5.41, 5.74) is 6.07. The molecule has 0 unspecified atom stereocenters. The smallest absolute Gasteiger partial charge is 0.209 e. The van der Waals surface area contributed by atoms with E-state index in [1.165, 1.54) is 12.8 Å². The molecular formula is C8H15N5S. The summed E-state index contributed by atoms with van der Waals surface area (Å²) in [7, 11) is 1.87. The van der Waals surface area contributed by atoms with E-state index in [0.717, 1.165) is 23.9 Å². The Hall–Kier alpha value is -0.620. The van der Waals surface area contributed by atoms with Gasteiger partial charge in [0, 0.05) is 12.8 Å². The molecule has 0 bridgehead atoms. The fourth-order valence-corrected chi connectivity index (χ4v) is 2.70. The second-order valence-electron chi connectivity index (χ2n) is 3.91. The number of nitrogens with zero attached hydrogens (tertiary/aromatic N) is 4. The van der Waals surface area contributed by atoms with E-state index in [2.05, 4.69) is 15.5 Å². The van der Waals surface area contributed by atoms with Crippen LogP contribution in [0.2, 0.25) is 0 Å². The molecule has 1 aliphatic rings. The molecule has 1 aliphatic carbocycles. The van der Waals surface area contributed by atoms with Crippen molar-refractivity contribution in [2.75, 3.05) is 12.3 Å². The van der Waals surface area contributed by atoms with E-state index in [4.69, 9.17) is 5.73 Å². The summed E-state index contributed by atoms with van der Waals surface area (Å²) < 4.78 is 1.71. The van der Waals surface area contributed by atoms with Gasteiger partial charge in [-0.1, -0.05) is 11.8 Å². The van der Waals surface area contributed by atoms with Crippen molar-refractivity contribution in [3.63, 3.8) is 0 Å². The average Bonchev–Trinajstić information content (AvgIpc) is 2.81. The number of nitrogens with two attached hydrogens (primary N) is 1. The third-order valence-corrected chi connectivity index (χ3v) is 4.08. The Morgan fingerprint density at radius 3 is 2.86 bits per heavy atom. The lowest BCUT2D eigenvalue weighted by Gasteiger charge is -2.11. The number of aromatic nitrogens is 4. The molecule has 1 heterocycles. The van der Waals surface area contributed by atoms with Gasteiger partial charge >= 0.3 is 0 Å². The van der Waals surface area contributed by atoms with Gasteiger partial charge in [-0.2, -0.15) is 0 Å². The van der Waals surface area contributed by atoms with Crippen molar-refractivity contribution < 1.29 is 0 Å². The zero-order valence-corrected chi connectivity index (χ0v) is 9.13. The Morgan fingerprint density at radius 1 is 1.57 bits per heavy atom. The molecule has 14 heavy (non-hydrogen) atoms. The van der Waals surface area contributed by atoms with E-state index >= 15 is 0 Å². The highest BCUT2D eigenvalue weighted by Gasteiger charge is 2.41. The number of rotatable bonds is 5. The summed E-state index contributed by atoms with van der Waals surface area (Å²) in [6.45, 7) is 0.789. The zero-order chi connectivity index (χ0) is 10.0. The van der Waals surface area contributed by atoms with Gasteiger partial charge in [-0.15, -0.1) is 5.10 Å². The fraction of sp³-hybridized carbons (Fsp3) is 0.875. The van der Waals surface area contributed by atoms with Crippen LogP contribution in [0.15, 0.2) is 5.16 Å². The number of hydrogen-bond acceptors (Lipinski definition) is 5. The van der Waals surface area contributed by atoms with Crippen LogP contribution in [0.1, 0.15) is 19.3 Å². The molecule has 5 nitrogen and oxygen atoms in total. The van der Waals surface area contributed by atoms with Crippen LogP contribution in [-0.2, 0) is 7.05 Å². The maximum Gasteiger partial charge on any atom is 0.209 e. The van der Waals surface area contributed by atoms with Crippen LogP contribution in [0.4, 0.5) is 0 Å². The fourth-order valence-electron chi connectivity index (χ4n) is 1.51. The molecule has 2 N–H and O–H groups in total. The molecule has 6 heteroatoms. The molecule has 0 spiro atoms. The Kier molecular flexibility index (Phi) is 2.73. The first-order valence-corrected chi connectivity index (χ1v) is 5.80. The monoisotopic (exact) mass is 213 g/mol. The Balaban J connectivity index is 1.86. The molecule has 1 aromatic rings. The molecule has 1 fully saturated rings. The van der Waals surface area contributed by atoms with Crippen LogP contribution < -0.4 is 5.73 Å². The van der Waals surface area contributed by atoms with Gasteiger partial charge in [0.1, 0.15) is 0 Å². The zero-order valence-electron chi connectivity index (χ0n) is 8.31. The van der Waals surface area contributed by atoms with Crippen LogP contribution in [0, 0.1) is 5.41 Å². The van der Waals surface area contributed by atoms with Gasteiger partial charge in [0.05, 0.1) is 0 Å². The van der Waals surface area contributed by atoms with Crippen molar-refractivity contribution in [1.82, 2.24) is 20.2 Å². The lowest BCUT2D eigenvalue weighted by molar-refractivity contribution is 0.536. The number of aryl methyl sites for hydroxylation is 1. The first-order chi connectivity index (χ1) is 6.76. The van der Waals surface area contributed by atoms with Gasteiger partial charge < -0.3 is 5.73 Å². The minimum atomic E-state index is 0.491. The molecule has 0 radical (unpaired) electrons. The minimum Gasteiger partial charge on any atom is -0.330 e. The Morgan fingerprint density at radius 2 is 2.36 bits per heavy atom. The van der Waals surface area contributed by atoms with Crippen molar-refractivity contribution in [1.29, 1.82) is 0 Å². The summed E-state index contributed by atoms with van der Waals surface area (Å²) in [5.74, 6) is 1.10. The lowest BCUT2D eigenvalue weighted by Crippen LogP contribution is -2.12. The molecule has 1 aromatic heterocycles. The third kappa shape index (κ3) is 2.06. The largest absolute Gasteiger partial charge is 0.330 e. The van der Waals surface area contributed by atoms with E-state index in [0.29, 0.717) is 5.41 Å². The molecular weight excluding hydrogens is 198 g/mol. The topological polar surface area (TPSA) is 69.6 Å². The molecule has 0 atom stereocenters. The molecule has 0 amide bonds. The van der Waals surface area contributed by atoms with Gasteiger partial charge in [-0.25, -0.2) is 4.68 Å². The third-order valence-electron chi connectivity index (χ3n) is 2.72. The van der Waals surface area contributed by atoms with Crippen molar-refractivity contribution in [3.05, 3.63) is 0 Å². The standard InChI is InChI=1S/C8H15N5S/c1-13-7(10-11-12-13)14-6-8(2-3-8)4-5-9/h2-6,9H2,1H3. The predicted molar refractivity (Wildman–Crippen MR) is 54.9 cm³/mol. The first-order valence-electron chi connectivity index (χ1n) is 4.81. The van der Waals surface area contributed by atoms with E-state index < -0.39 is 0 Å². The van der Waals surface area contributed by atoms with E-state index in [9.17, 15) is 0 Å². The van der Waals surface area contributed by atoms with Gasteiger partial charge in [0.2, 0.25) is 5.16 Å². The van der Waals surface area contributed by atoms with Gasteiger partial charge in [0.25, 0.3) is 0 Å². The number of tetrazole rings is 1. The van der Waals surface area contributed by atoms with Crippen LogP contribution in [-0.4, -0.2) is 32.5 Å². The highest BCUT2D eigenvalue weighted by atomic mass is 32.2. The quantitative estimate of drug-likeness (QED) is 0.718. The molecule has 0 saturated heterocycles. The average molecular weight is 213 g/mol. The number of thioether (sulfide) groups is 1. The van der Waals surface area contributed by atoms with Crippen LogP contribution in [0.25, 0.3) is 0 Å². The van der Waals surface area contributed by atoms with E-state index in [-0.39, 0.29) is 0 Å². The van der Waals surface area contributed by atoms with Crippen molar-refractivity contribution in [3.8, 4) is 0 Å². The van der Waals surface area contributed by atoms with Crippen molar-refractivity contribution >= 4 is 11.8 Å². The van der Waals surface area contributed by atoms with Gasteiger partial charge in [-0.3, -0.25) is 0 Å². The number of hydrogen-bond donors (Lipinski definition) is 1.